The van der Waals surface area contributed by atoms with Crippen molar-refractivity contribution < 1.29 is 24.0 Å². The summed E-state index contributed by atoms with van der Waals surface area (Å²) in [7, 11) is 0. The van der Waals surface area contributed by atoms with Gasteiger partial charge in [-0.25, -0.2) is 14.6 Å². The van der Waals surface area contributed by atoms with Crippen molar-refractivity contribution in [2.75, 3.05) is 5.32 Å². The summed E-state index contributed by atoms with van der Waals surface area (Å²) in [6.45, 7) is 12.3. The zero-order valence-corrected chi connectivity index (χ0v) is 21.9. The van der Waals surface area contributed by atoms with Crippen LogP contribution in [-0.4, -0.2) is 43.0 Å². The Morgan fingerprint density at radius 1 is 1.05 bits per heavy atom. The van der Waals surface area contributed by atoms with Gasteiger partial charge in [0.1, 0.15) is 23.0 Å². The van der Waals surface area contributed by atoms with Gasteiger partial charge >= 0.3 is 12.0 Å². The largest absolute Gasteiger partial charge is 0.455 e. The van der Waals surface area contributed by atoms with Gasteiger partial charge in [0.15, 0.2) is 0 Å². The summed E-state index contributed by atoms with van der Waals surface area (Å²) in [5.41, 5.74) is 0.000831. The third-order valence-electron chi connectivity index (χ3n) is 5.50. The molecule has 37 heavy (non-hydrogen) atoms. The molecule has 12 heteroatoms. The number of amides is 3. The summed E-state index contributed by atoms with van der Waals surface area (Å²) in [5.74, 6) is 0.349. The molecule has 0 aliphatic heterocycles. The topological polar surface area (TPSA) is 150 Å². The van der Waals surface area contributed by atoms with Crippen LogP contribution in [0.25, 0.3) is 11.4 Å². The highest BCUT2D eigenvalue weighted by Crippen LogP contribution is 2.27. The number of pyridine rings is 2. The molecule has 3 amide bonds. The molecule has 196 valence electrons. The Morgan fingerprint density at radius 3 is 2.43 bits per heavy atom. The first kappa shape index (κ1) is 27.2. The maximum atomic E-state index is 12.3. The molecule has 2 N–H and O–H groups in total. The molecule has 3 aromatic rings. The smallest absolute Gasteiger partial charge is 0.340 e. The first-order valence-corrected chi connectivity index (χ1v) is 11.7. The lowest BCUT2D eigenvalue weighted by Crippen LogP contribution is -2.41. The second kappa shape index (κ2) is 10.7. The van der Waals surface area contributed by atoms with E-state index < -0.39 is 28.7 Å². The molecular formula is C25H31N7O5. The van der Waals surface area contributed by atoms with E-state index in [1.54, 1.807) is 72.0 Å². The fourth-order valence-electron chi connectivity index (χ4n) is 2.67. The molecule has 0 unspecified atom stereocenters. The third-order valence-corrected chi connectivity index (χ3v) is 5.50. The Hall–Kier alpha value is -4.35. The summed E-state index contributed by atoms with van der Waals surface area (Å²) in [5, 5.41) is 12.7. The number of imide groups is 1. The molecule has 3 heterocycles. The van der Waals surface area contributed by atoms with Crippen molar-refractivity contribution in [3.8, 4) is 22.9 Å². The minimum atomic E-state index is -0.702. The molecule has 0 atom stereocenters. The van der Waals surface area contributed by atoms with Gasteiger partial charge in [-0.2, -0.15) is 0 Å². The van der Waals surface area contributed by atoms with E-state index in [2.05, 4.69) is 30.9 Å². The van der Waals surface area contributed by atoms with Crippen molar-refractivity contribution in [3.05, 3.63) is 42.4 Å². The molecule has 12 nitrogen and oxygen atoms in total. The Kier molecular flexibility index (Phi) is 7.90. The molecule has 0 radical (unpaired) electrons. The Bertz CT molecular complexity index is 1310. The standard InChI is InChI=1S/C25H31N7O5/c1-8-25(6,7)22(34)37-32-14-18(30-31-32)17-13-16(11-12-26-17)36-19-9-10-20(27-15(19)2)28-23(35)29-21(33)24(3,4)5/h9-14H,8H2,1-7H3,(H2,27,28,29,33,35). The van der Waals surface area contributed by atoms with E-state index in [0.29, 0.717) is 35.0 Å². The summed E-state index contributed by atoms with van der Waals surface area (Å²) >= 11 is 0. The van der Waals surface area contributed by atoms with Crippen LogP contribution in [0.15, 0.2) is 36.7 Å². The second-order valence-electron chi connectivity index (χ2n) is 10.0. The van der Waals surface area contributed by atoms with Gasteiger partial charge in [-0.05, 0) is 50.6 Å². The minimum Gasteiger partial charge on any atom is -0.455 e. The van der Waals surface area contributed by atoms with E-state index in [9.17, 15) is 14.4 Å². The lowest BCUT2D eigenvalue weighted by atomic mass is 9.91. The highest BCUT2D eigenvalue weighted by molar-refractivity contribution is 6.02. The number of hydrogen-bond acceptors (Lipinski definition) is 9. The van der Waals surface area contributed by atoms with Gasteiger partial charge in [0.05, 0.1) is 23.0 Å². The number of aryl methyl sites for hydroxylation is 1. The van der Waals surface area contributed by atoms with Gasteiger partial charge in [0.2, 0.25) is 5.91 Å². The van der Waals surface area contributed by atoms with Crippen LogP contribution in [0.4, 0.5) is 10.6 Å². The van der Waals surface area contributed by atoms with Crippen LogP contribution < -0.4 is 20.2 Å². The van der Waals surface area contributed by atoms with Crippen LogP contribution in [0.5, 0.6) is 11.5 Å². The molecule has 3 aromatic heterocycles. The van der Waals surface area contributed by atoms with Gasteiger partial charge in [-0.3, -0.25) is 20.4 Å². The molecule has 0 saturated heterocycles. The molecule has 0 aromatic carbocycles. The number of nitrogens with one attached hydrogen (secondary N) is 2. The van der Waals surface area contributed by atoms with E-state index in [4.69, 9.17) is 9.57 Å². The number of hydrogen-bond donors (Lipinski definition) is 2. The van der Waals surface area contributed by atoms with E-state index in [0.717, 1.165) is 4.85 Å². The van der Waals surface area contributed by atoms with Crippen molar-refractivity contribution in [1.29, 1.82) is 0 Å². The maximum Gasteiger partial charge on any atom is 0.340 e. The number of ether oxygens (including phenoxy) is 1. The number of carbonyl (C=O) groups excluding carboxylic acids is 3. The molecule has 0 fully saturated rings. The summed E-state index contributed by atoms with van der Waals surface area (Å²) in [6, 6.07) is 5.85. The number of aromatic nitrogens is 5. The normalized spacial score (nSPS) is 11.5. The van der Waals surface area contributed by atoms with Crippen molar-refractivity contribution in [2.24, 2.45) is 10.8 Å². The Labute approximate surface area is 214 Å². The van der Waals surface area contributed by atoms with Crippen LogP contribution >= 0.6 is 0 Å². The average Bonchev–Trinajstić information content (AvgIpc) is 3.29. The first-order chi connectivity index (χ1) is 17.3. The highest BCUT2D eigenvalue weighted by atomic mass is 16.7. The van der Waals surface area contributed by atoms with Crippen LogP contribution in [-0.2, 0) is 9.59 Å². The van der Waals surface area contributed by atoms with Crippen LogP contribution in [0, 0.1) is 17.8 Å². The molecule has 0 bridgehead atoms. The van der Waals surface area contributed by atoms with Gasteiger partial charge in [-0.1, -0.05) is 32.5 Å². The van der Waals surface area contributed by atoms with Crippen molar-refractivity contribution in [1.82, 2.24) is 30.4 Å². The molecular weight excluding hydrogens is 478 g/mol. The fourth-order valence-corrected chi connectivity index (χ4v) is 2.67. The van der Waals surface area contributed by atoms with Crippen LogP contribution in [0.2, 0.25) is 0 Å². The molecule has 0 saturated carbocycles. The number of urea groups is 1. The lowest BCUT2D eigenvalue weighted by Gasteiger charge is -2.18. The van der Waals surface area contributed by atoms with E-state index >= 15 is 0 Å². The molecule has 0 aliphatic carbocycles. The van der Waals surface area contributed by atoms with Gasteiger partial charge < -0.3 is 9.57 Å². The second-order valence-corrected chi connectivity index (χ2v) is 10.0. The van der Waals surface area contributed by atoms with E-state index in [1.165, 1.54) is 6.20 Å². The van der Waals surface area contributed by atoms with Crippen molar-refractivity contribution in [3.63, 3.8) is 0 Å². The Balaban J connectivity index is 1.68. The van der Waals surface area contributed by atoms with Gasteiger partial charge in [0.25, 0.3) is 0 Å². The number of rotatable bonds is 7. The molecule has 0 aliphatic rings. The van der Waals surface area contributed by atoms with Crippen LogP contribution in [0.3, 0.4) is 0 Å². The van der Waals surface area contributed by atoms with Crippen molar-refractivity contribution in [2.45, 2.75) is 54.9 Å². The summed E-state index contributed by atoms with van der Waals surface area (Å²) < 4.78 is 5.95. The van der Waals surface area contributed by atoms with Gasteiger partial charge in [0, 0.05) is 17.7 Å². The number of nitrogens with zero attached hydrogens (tertiary/aromatic N) is 5. The average molecular weight is 510 g/mol. The first-order valence-electron chi connectivity index (χ1n) is 11.7. The minimum absolute atomic E-state index is 0.261. The molecule has 3 rings (SSSR count). The maximum absolute atomic E-state index is 12.3. The summed E-state index contributed by atoms with van der Waals surface area (Å²) in [4.78, 5) is 51.2. The van der Waals surface area contributed by atoms with Crippen LogP contribution in [0.1, 0.15) is 53.7 Å². The third kappa shape index (κ3) is 7.09. The zero-order valence-electron chi connectivity index (χ0n) is 21.9. The monoisotopic (exact) mass is 509 g/mol. The predicted octanol–water partition coefficient (Wildman–Crippen LogP) is 3.92. The van der Waals surface area contributed by atoms with E-state index in [1.807, 2.05) is 6.92 Å². The predicted molar refractivity (Wildman–Crippen MR) is 135 cm³/mol. The Morgan fingerprint density at radius 2 is 1.78 bits per heavy atom. The quantitative estimate of drug-likeness (QED) is 0.452. The van der Waals surface area contributed by atoms with Gasteiger partial charge in [-0.15, -0.1) is 5.10 Å². The zero-order chi connectivity index (χ0) is 27.4. The van der Waals surface area contributed by atoms with E-state index in [-0.39, 0.29) is 5.82 Å². The summed E-state index contributed by atoms with van der Waals surface area (Å²) in [6.07, 6.45) is 3.62. The molecule has 0 spiro atoms. The SMILES string of the molecule is CCC(C)(C)C(=O)On1cc(-c2cc(Oc3ccc(NC(=O)NC(=O)C(C)(C)C)nc3C)ccn2)nn1. The number of anilines is 1. The fraction of sp³-hybridized carbons (Fsp3) is 0.400. The lowest BCUT2D eigenvalue weighted by molar-refractivity contribution is -0.156. The number of carbonyl (C=O) groups is 3. The highest BCUT2D eigenvalue weighted by Gasteiger charge is 2.28. The van der Waals surface area contributed by atoms with Crippen molar-refractivity contribution >= 4 is 23.7 Å².